The Kier molecular flexibility index (Phi) is 5.75. The highest BCUT2D eigenvalue weighted by Crippen LogP contribution is 2.22. The van der Waals surface area contributed by atoms with Crippen molar-refractivity contribution in [3.63, 3.8) is 0 Å². The van der Waals surface area contributed by atoms with Crippen molar-refractivity contribution in [1.29, 1.82) is 0 Å². The second-order valence-electron chi connectivity index (χ2n) is 4.73. The average molecular weight is 323 g/mol. The first-order valence-electron chi connectivity index (χ1n) is 6.77. The predicted molar refractivity (Wildman–Crippen MR) is 84.5 cm³/mol. The lowest BCUT2D eigenvalue weighted by atomic mass is 10.1. The average Bonchev–Trinajstić information content (AvgIpc) is 2.51. The van der Waals surface area contributed by atoms with Gasteiger partial charge in [-0.25, -0.2) is 9.18 Å². The minimum atomic E-state index is -0.469. The maximum Gasteiger partial charge on any atom is 0.319 e. The fourth-order valence-corrected chi connectivity index (χ4v) is 2.06. The number of nitrogens with one attached hydrogen (secondary N) is 2. The van der Waals surface area contributed by atoms with Crippen LogP contribution in [0.25, 0.3) is 0 Å². The highest BCUT2D eigenvalue weighted by Gasteiger charge is 2.06. The summed E-state index contributed by atoms with van der Waals surface area (Å²) >= 11 is 5.87. The van der Waals surface area contributed by atoms with Crippen LogP contribution < -0.4 is 10.6 Å². The van der Waals surface area contributed by atoms with Crippen LogP contribution in [0.3, 0.4) is 0 Å². The van der Waals surface area contributed by atoms with Crippen molar-refractivity contribution in [2.75, 3.05) is 11.9 Å². The summed E-state index contributed by atoms with van der Waals surface area (Å²) in [5.74, 6) is -0.469. The molecule has 6 heteroatoms. The van der Waals surface area contributed by atoms with Crippen LogP contribution in [0.5, 0.6) is 0 Å². The minimum Gasteiger partial charge on any atom is -0.392 e. The van der Waals surface area contributed by atoms with Gasteiger partial charge in [-0.15, -0.1) is 0 Å². The van der Waals surface area contributed by atoms with Crippen LogP contribution in [0.15, 0.2) is 42.5 Å². The van der Waals surface area contributed by atoms with E-state index in [9.17, 15) is 9.18 Å². The number of aliphatic hydroxyl groups excluding tert-OH is 1. The Bertz CT molecular complexity index is 647. The molecule has 0 fully saturated rings. The Morgan fingerprint density at radius 1 is 1.14 bits per heavy atom. The number of hydrogen-bond donors (Lipinski definition) is 3. The van der Waals surface area contributed by atoms with Gasteiger partial charge in [-0.1, -0.05) is 35.9 Å². The number of rotatable bonds is 5. The Morgan fingerprint density at radius 3 is 2.50 bits per heavy atom. The Hall–Kier alpha value is -2.11. The molecule has 4 nitrogen and oxygen atoms in total. The van der Waals surface area contributed by atoms with Gasteiger partial charge in [0.1, 0.15) is 5.82 Å². The number of aliphatic hydroxyl groups is 1. The lowest BCUT2D eigenvalue weighted by Gasteiger charge is -2.09. The molecule has 0 bridgehead atoms. The second-order valence-corrected chi connectivity index (χ2v) is 5.14. The van der Waals surface area contributed by atoms with Gasteiger partial charge in [0.2, 0.25) is 0 Å². The molecule has 0 aliphatic heterocycles. The van der Waals surface area contributed by atoms with E-state index in [0.29, 0.717) is 13.0 Å². The zero-order valence-corrected chi connectivity index (χ0v) is 12.5. The fourth-order valence-electron chi connectivity index (χ4n) is 1.89. The third kappa shape index (κ3) is 4.72. The maximum absolute atomic E-state index is 13.1. The number of anilines is 1. The molecule has 0 aliphatic rings. The monoisotopic (exact) mass is 322 g/mol. The van der Waals surface area contributed by atoms with E-state index in [1.165, 1.54) is 12.1 Å². The normalized spacial score (nSPS) is 10.3. The molecule has 116 valence electrons. The number of benzene rings is 2. The van der Waals surface area contributed by atoms with Gasteiger partial charge in [0.25, 0.3) is 0 Å². The van der Waals surface area contributed by atoms with Gasteiger partial charge in [0.15, 0.2) is 0 Å². The van der Waals surface area contributed by atoms with E-state index in [1.54, 1.807) is 0 Å². The van der Waals surface area contributed by atoms with Gasteiger partial charge in [0.05, 0.1) is 17.3 Å². The second kappa shape index (κ2) is 7.77. The molecule has 2 aromatic carbocycles. The van der Waals surface area contributed by atoms with E-state index in [0.717, 1.165) is 17.2 Å². The summed E-state index contributed by atoms with van der Waals surface area (Å²) in [6, 6.07) is 10.8. The number of amides is 2. The van der Waals surface area contributed by atoms with Crippen LogP contribution in [-0.4, -0.2) is 17.7 Å². The quantitative estimate of drug-likeness (QED) is 0.790. The smallest absolute Gasteiger partial charge is 0.319 e. The molecule has 0 atom stereocenters. The zero-order valence-electron chi connectivity index (χ0n) is 11.8. The van der Waals surface area contributed by atoms with Crippen LogP contribution in [0, 0.1) is 5.82 Å². The third-order valence-corrected chi connectivity index (χ3v) is 3.41. The molecule has 0 heterocycles. The van der Waals surface area contributed by atoms with Crippen molar-refractivity contribution in [3.05, 3.63) is 64.4 Å². The standard InChI is InChI=1S/C16H16ClFN2O2/c17-14-6-5-13(18)9-15(14)20-16(22)19-8-7-11-1-3-12(10-21)4-2-11/h1-6,9,21H,7-8,10H2,(H2,19,20,22). The molecule has 0 aromatic heterocycles. The van der Waals surface area contributed by atoms with Crippen LogP contribution in [0.4, 0.5) is 14.9 Å². The van der Waals surface area contributed by atoms with E-state index >= 15 is 0 Å². The molecule has 0 aliphatic carbocycles. The van der Waals surface area contributed by atoms with Gasteiger partial charge in [0, 0.05) is 6.54 Å². The van der Waals surface area contributed by atoms with Crippen LogP contribution in [0.2, 0.25) is 5.02 Å². The summed E-state index contributed by atoms with van der Waals surface area (Å²) in [4.78, 5) is 11.7. The molecule has 0 saturated heterocycles. The Morgan fingerprint density at radius 2 is 1.82 bits per heavy atom. The van der Waals surface area contributed by atoms with Crippen molar-refractivity contribution in [2.45, 2.75) is 13.0 Å². The van der Waals surface area contributed by atoms with Gasteiger partial charge in [-0.05, 0) is 35.7 Å². The first-order chi connectivity index (χ1) is 10.6. The number of carbonyl (C=O) groups is 1. The molecule has 0 saturated carbocycles. The molecule has 2 rings (SSSR count). The van der Waals surface area contributed by atoms with Gasteiger partial charge < -0.3 is 15.7 Å². The first-order valence-corrected chi connectivity index (χ1v) is 7.15. The largest absolute Gasteiger partial charge is 0.392 e. The van der Waals surface area contributed by atoms with E-state index in [2.05, 4.69) is 10.6 Å². The minimum absolute atomic E-state index is 0.00926. The van der Waals surface area contributed by atoms with Gasteiger partial charge in [-0.3, -0.25) is 0 Å². The summed E-state index contributed by atoms with van der Waals surface area (Å²) in [5, 5.41) is 14.4. The predicted octanol–water partition coefficient (Wildman–Crippen LogP) is 3.34. The number of hydrogen-bond acceptors (Lipinski definition) is 2. The van der Waals surface area contributed by atoms with Crippen molar-refractivity contribution in [1.82, 2.24) is 5.32 Å². The lowest BCUT2D eigenvalue weighted by Crippen LogP contribution is -2.30. The molecule has 22 heavy (non-hydrogen) atoms. The molecule has 2 amide bonds. The number of halogens is 2. The third-order valence-electron chi connectivity index (χ3n) is 3.08. The fraction of sp³-hybridized carbons (Fsp3) is 0.188. The van der Waals surface area contributed by atoms with E-state index in [-0.39, 0.29) is 17.3 Å². The molecule has 0 spiro atoms. The summed E-state index contributed by atoms with van der Waals surface area (Å²) < 4.78 is 13.1. The summed E-state index contributed by atoms with van der Waals surface area (Å²) in [6.07, 6.45) is 0.649. The topological polar surface area (TPSA) is 61.4 Å². The SMILES string of the molecule is O=C(NCCc1ccc(CO)cc1)Nc1cc(F)ccc1Cl. The maximum atomic E-state index is 13.1. The van der Waals surface area contributed by atoms with Crippen molar-refractivity contribution >= 4 is 23.3 Å². The molecular formula is C16H16ClFN2O2. The van der Waals surface area contributed by atoms with Crippen LogP contribution >= 0.6 is 11.6 Å². The highest BCUT2D eigenvalue weighted by atomic mass is 35.5. The first kappa shape index (κ1) is 16.3. The number of carbonyl (C=O) groups excluding carboxylic acids is 1. The lowest BCUT2D eigenvalue weighted by molar-refractivity contribution is 0.252. The van der Waals surface area contributed by atoms with E-state index in [4.69, 9.17) is 16.7 Å². The Balaban J connectivity index is 1.81. The van der Waals surface area contributed by atoms with Crippen molar-refractivity contribution in [3.8, 4) is 0 Å². The summed E-state index contributed by atoms with van der Waals surface area (Å²) in [6.45, 7) is 0.437. The van der Waals surface area contributed by atoms with Crippen LogP contribution in [0.1, 0.15) is 11.1 Å². The summed E-state index contributed by atoms with van der Waals surface area (Å²) in [7, 11) is 0. The Labute approximate surface area is 132 Å². The van der Waals surface area contributed by atoms with Crippen LogP contribution in [-0.2, 0) is 13.0 Å². The molecule has 0 unspecified atom stereocenters. The zero-order chi connectivity index (χ0) is 15.9. The molecule has 3 N–H and O–H groups in total. The highest BCUT2D eigenvalue weighted by molar-refractivity contribution is 6.33. The molecule has 0 radical (unpaired) electrons. The van der Waals surface area contributed by atoms with Gasteiger partial charge in [-0.2, -0.15) is 0 Å². The van der Waals surface area contributed by atoms with Crippen molar-refractivity contribution in [2.24, 2.45) is 0 Å². The van der Waals surface area contributed by atoms with E-state index in [1.807, 2.05) is 24.3 Å². The molecular weight excluding hydrogens is 307 g/mol. The summed E-state index contributed by atoms with van der Waals surface area (Å²) in [5.41, 5.74) is 2.11. The van der Waals surface area contributed by atoms with Gasteiger partial charge >= 0.3 is 6.03 Å². The van der Waals surface area contributed by atoms with Crippen molar-refractivity contribution < 1.29 is 14.3 Å². The van der Waals surface area contributed by atoms with E-state index < -0.39 is 11.8 Å². The molecule has 2 aromatic rings. The number of urea groups is 1.